The van der Waals surface area contributed by atoms with Crippen molar-refractivity contribution in [2.45, 2.75) is 5.03 Å². The second-order valence-electron chi connectivity index (χ2n) is 2.42. The molecule has 0 bridgehead atoms. The van der Waals surface area contributed by atoms with E-state index >= 15 is 0 Å². The average molecular weight is 181 g/mol. The molecule has 2 rings (SSSR count). The Bertz CT molecular complexity index is 435. The standard InChI is InChI=1S/C8H7NO2S/c10-12(11)8-5-4-7-3-1-2-6-9(7)8/h1-6H,(H,10,11). The van der Waals surface area contributed by atoms with Crippen LogP contribution in [0.5, 0.6) is 0 Å². The maximum absolute atomic E-state index is 10.8. The molecule has 2 aromatic heterocycles. The van der Waals surface area contributed by atoms with Crippen molar-refractivity contribution >= 4 is 16.6 Å². The fourth-order valence-electron chi connectivity index (χ4n) is 1.17. The number of nitrogens with zero attached hydrogens (tertiary/aromatic N) is 1. The van der Waals surface area contributed by atoms with Crippen molar-refractivity contribution < 1.29 is 8.76 Å². The SMILES string of the molecule is O=S(O)c1ccc2ccccn12. The highest BCUT2D eigenvalue weighted by atomic mass is 32.2. The van der Waals surface area contributed by atoms with Crippen LogP contribution in [0.15, 0.2) is 41.6 Å². The summed E-state index contributed by atoms with van der Waals surface area (Å²) in [4.78, 5) is 0. The van der Waals surface area contributed by atoms with E-state index in [1.165, 1.54) is 0 Å². The molecule has 2 aromatic rings. The molecule has 0 fully saturated rings. The van der Waals surface area contributed by atoms with Crippen LogP contribution in [0.2, 0.25) is 0 Å². The van der Waals surface area contributed by atoms with E-state index in [9.17, 15) is 4.21 Å². The Morgan fingerprint density at radius 2 is 2.08 bits per heavy atom. The van der Waals surface area contributed by atoms with Crippen molar-refractivity contribution in [3.63, 3.8) is 0 Å². The Hall–Kier alpha value is -1.13. The Kier molecular flexibility index (Phi) is 1.71. The van der Waals surface area contributed by atoms with E-state index in [1.54, 1.807) is 16.7 Å². The first-order valence-electron chi connectivity index (χ1n) is 3.46. The minimum Gasteiger partial charge on any atom is -0.308 e. The maximum Gasteiger partial charge on any atom is 0.204 e. The summed E-state index contributed by atoms with van der Waals surface area (Å²) in [5.41, 5.74) is 0.926. The van der Waals surface area contributed by atoms with Crippen LogP contribution < -0.4 is 0 Å². The topological polar surface area (TPSA) is 41.7 Å². The lowest BCUT2D eigenvalue weighted by molar-refractivity contribution is 0.559. The van der Waals surface area contributed by atoms with Crippen LogP contribution in [0.1, 0.15) is 0 Å². The van der Waals surface area contributed by atoms with Crippen LogP contribution in [0.3, 0.4) is 0 Å². The third-order valence-electron chi connectivity index (χ3n) is 1.70. The van der Waals surface area contributed by atoms with Crippen LogP contribution in [0.4, 0.5) is 0 Å². The molecule has 1 N–H and O–H groups in total. The normalized spacial score (nSPS) is 13.4. The van der Waals surface area contributed by atoms with Gasteiger partial charge in [-0.25, -0.2) is 4.21 Å². The molecule has 0 amide bonds. The lowest BCUT2D eigenvalue weighted by Gasteiger charge is -1.96. The highest BCUT2D eigenvalue weighted by Crippen LogP contribution is 2.11. The molecule has 0 aliphatic carbocycles. The van der Waals surface area contributed by atoms with Gasteiger partial charge in [-0.2, -0.15) is 0 Å². The van der Waals surface area contributed by atoms with E-state index in [0.29, 0.717) is 5.03 Å². The zero-order valence-electron chi connectivity index (χ0n) is 6.18. The van der Waals surface area contributed by atoms with Crippen LogP contribution in [0, 0.1) is 0 Å². The van der Waals surface area contributed by atoms with Gasteiger partial charge < -0.3 is 8.95 Å². The molecule has 3 nitrogen and oxygen atoms in total. The molecule has 0 saturated heterocycles. The predicted octanol–water partition coefficient (Wildman–Crippen LogP) is 1.52. The molecule has 2 heterocycles. The number of aromatic nitrogens is 1. The van der Waals surface area contributed by atoms with Gasteiger partial charge in [-0.3, -0.25) is 0 Å². The molecule has 0 spiro atoms. The first kappa shape index (κ1) is 7.52. The first-order valence-corrected chi connectivity index (χ1v) is 4.56. The van der Waals surface area contributed by atoms with E-state index in [-0.39, 0.29) is 0 Å². The van der Waals surface area contributed by atoms with Crippen LogP contribution >= 0.6 is 0 Å². The Labute approximate surface area is 71.9 Å². The van der Waals surface area contributed by atoms with E-state index in [4.69, 9.17) is 4.55 Å². The summed E-state index contributed by atoms with van der Waals surface area (Å²) in [7, 11) is 0. The summed E-state index contributed by atoms with van der Waals surface area (Å²) in [6.45, 7) is 0. The Morgan fingerprint density at radius 3 is 2.83 bits per heavy atom. The van der Waals surface area contributed by atoms with Crippen molar-refractivity contribution in [1.82, 2.24) is 4.40 Å². The molecule has 1 unspecified atom stereocenters. The maximum atomic E-state index is 10.8. The summed E-state index contributed by atoms with van der Waals surface area (Å²) < 4.78 is 21.3. The van der Waals surface area contributed by atoms with Gasteiger partial charge >= 0.3 is 0 Å². The van der Waals surface area contributed by atoms with Crippen molar-refractivity contribution in [3.05, 3.63) is 36.5 Å². The van der Waals surface area contributed by atoms with Crippen LogP contribution in [0.25, 0.3) is 5.52 Å². The Balaban J connectivity index is 2.79. The quantitative estimate of drug-likeness (QED) is 0.678. The third-order valence-corrected chi connectivity index (χ3v) is 2.40. The highest BCUT2D eigenvalue weighted by molar-refractivity contribution is 7.79. The van der Waals surface area contributed by atoms with E-state index in [1.807, 2.05) is 24.3 Å². The van der Waals surface area contributed by atoms with E-state index < -0.39 is 11.1 Å². The smallest absolute Gasteiger partial charge is 0.204 e. The summed E-state index contributed by atoms with van der Waals surface area (Å²) in [5, 5.41) is 0.408. The van der Waals surface area contributed by atoms with Gasteiger partial charge in [-0.05, 0) is 24.3 Å². The minimum absolute atomic E-state index is 0.408. The number of pyridine rings is 1. The van der Waals surface area contributed by atoms with Gasteiger partial charge in [0.15, 0.2) is 0 Å². The van der Waals surface area contributed by atoms with Gasteiger partial charge in [0.2, 0.25) is 11.1 Å². The van der Waals surface area contributed by atoms with Crippen molar-refractivity contribution in [1.29, 1.82) is 0 Å². The predicted molar refractivity (Wildman–Crippen MR) is 46.4 cm³/mol. The average Bonchev–Trinajstić information content (AvgIpc) is 2.47. The fourth-order valence-corrected chi connectivity index (χ4v) is 1.69. The molecular weight excluding hydrogens is 174 g/mol. The minimum atomic E-state index is -1.91. The molecule has 0 radical (unpaired) electrons. The van der Waals surface area contributed by atoms with Gasteiger partial charge in [0.1, 0.15) is 5.03 Å². The van der Waals surface area contributed by atoms with E-state index in [0.717, 1.165) is 5.52 Å². The first-order chi connectivity index (χ1) is 5.79. The van der Waals surface area contributed by atoms with Crippen LogP contribution in [-0.2, 0) is 11.1 Å². The monoisotopic (exact) mass is 181 g/mol. The summed E-state index contributed by atoms with van der Waals surface area (Å²) in [6, 6.07) is 9.05. The summed E-state index contributed by atoms with van der Waals surface area (Å²) >= 11 is -1.91. The molecule has 1 atom stereocenters. The van der Waals surface area contributed by atoms with Gasteiger partial charge in [0, 0.05) is 11.7 Å². The molecular formula is C8H7NO2S. The molecule has 12 heavy (non-hydrogen) atoms. The van der Waals surface area contributed by atoms with Crippen LogP contribution in [-0.4, -0.2) is 13.2 Å². The second kappa shape index (κ2) is 2.73. The van der Waals surface area contributed by atoms with Gasteiger partial charge in [-0.15, -0.1) is 0 Å². The van der Waals surface area contributed by atoms with Crippen molar-refractivity contribution in [2.75, 3.05) is 0 Å². The fraction of sp³-hybridized carbons (Fsp3) is 0. The molecule has 0 aliphatic rings. The molecule has 62 valence electrons. The number of hydrogen-bond acceptors (Lipinski definition) is 1. The summed E-state index contributed by atoms with van der Waals surface area (Å²) in [6.07, 6.45) is 1.76. The van der Waals surface area contributed by atoms with Crippen molar-refractivity contribution in [2.24, 2.45) is 0 Å². The Morgan fingerprint density at radius 1 is 1.25 bits per heavy atom. The highest BCUT2D eigenvalue weighted by Gasteiger charge is 2.04. The largest absolute Gasteiger partial charge is 0.308 e. The zero-order valence-corrected chi connectivity index (χ0v) is 6.99. The van der Waals surface area contributed by atoms with Gasteiger partial charge in [-0.1, -0.05) is 6.07 Å². The van der Waals surface area contributed by atoms with Crippen molar-refractivity contribution in [3.8, 4) is 0 Å². The lowest BCUT2D eigenvalue weighted by atomic mass is 10.4. The number of hydrogen-bond donors (Lipinski definition) is 1. The molecule has 0 saturated carbocycles. The molecule has 0 aliphatic heterocycles. The molecule has 0 aromatic carbocycles. The zero-order chi connectivity index (χ0) is 8.55. The third kappa shape index (κ3) is 1.05. The van der Waals surface area contributed by atoms with Gasteiger partial charge in [0.05, 0.1) is 0 Å². The summed E-state index contributed by atoms with van der Waals surface area (Å²) in [5.74, 6) is 0. The number of fused-ring (bicyclic) bond motifs is 1. The second-order valence-corrected chi connectivity index (χ2v) is 3.33. The van der Waals surface area contributed by atoms with E-state index in [2.05, 4.69) is 0 Å². The van der Waals surface area contributed by atoms with Gasteiger partial charge in [0.25, 0.3) is 0 Å². The molecule has 4 heteroatoms. The number of rotatable bonds is 1. The lowest BCUT2D eigenvalue weighted by Crippen LogP contribution is -1.93.